The van der Waals surface area contributed by atoms with Crippen molar-refractivity contribution < 1.29 is 18.7 Å². The monoisotopic (exact) mass is 224 g/mol. The van der Waals surface area contributed by atoms with Gasteiger partial charge in [-0.3, -0.25) is 4.79 Å². The highest BCUT2D eigenvalue weighted by molar-refractivity contribution is 5.90. The lowest BCUT2D eigenvalue weighted by molar-refractivity contribution is 0.00688. The molecule has 1 aromatic carbocycles. The number of esters is 1. The van der Waals surface area contributed by atoms with E-state index in [4.69, 9.17) is 4.74 Å². The molecule has 0 unspecified atom stereocenters. The quantitative estimate of drug-likeness (QED) is 0.572. The number of carbonyl (C=O) groups is 2. The summed E-state index contributed by atoms with van der Waals surface area (Å²) in [6.45, 7) is 5.17. The molecule has 1 aromatic rings. The Kier molecular flexibility index (Phi) is 3.42. The molecule has 0 bridgehead atoms. The van der Waals surface area contributed by atoms with Gasteiger partial charge in [0.25, 0.3) is 0 Å². The van der Waals surface area contributed by atoms with E-state index >= 15 is 0 Å². The van der Waals surface area contributed by atoms with E-state index in [0.29, 0.717) is 6.29 Å². The standard InChI is InChI=1S/C12H13FO3/c1-12(2,3)16-11(15)8-4-5-9(7-14)10(13)6-8/h4-7H,1-3H3. The molecule has 0 aliphatic heterocycles. The zero-order chi connectivity index (χ0) is 12.3. The summed E-state index contributed by atoms with van der Waals surface area (Å²) < 4.78 is 18.3. The number of rotatable bonds is 2. The molecule has 0 saturated carbocycles. The van der Waals surface area contributed by atoms with Gasteiger partial charge in [0.15, 0.2) is 6.29 Å². The van der Waals surface area contributed by atoms with Gasteiger partial charge in [0.2, 0.25) is 0 Å². The summed E-state index contributed by atoms with van der Waals surface area (Å²) in [4.78, 5) is 21.9. The second-order valence-electron chi connectivity index (χ2n) is 4.36. The number of benzene rings is 1. The van der Waals surface area contributed by atoms with E-state index in [1.165, 1.54) is 12.1 Å². The van der Waals surface area contributed by atoms with E-state index in [-0.39, 0.29) is 11.1 Å². The van der Waals surface area contributed by atoms with Gasteiger partial charge in [-0.1, -0.05) is 0 Å². The fourth-order valence-electron chi connectivity index (χ4n) is 1.09. The van der Waals surface area contributed by atoms with Crippen molar-refractivity contribution in [2.24, 2.45) is 0 Å². The Bertz CT molecular complexity index is 419. The number of aldehydes is 1. The fourth-order valence-corrected chi connectivity index (χ4v) is 1.09. The number of carbonyl (C=O) groups excluding carboxylic acids is 2. The molecule has 16 heavy (non-hydrogen) atoms. The summed E-state index contributed by atoms with van der Waals surface area (Å²) >= 11 is 0. The van der Waals surface area contributed by atoms with Crippen LogP contribution in [0.25, 0.3) is 0 Å². The molecule has 0 amide bonds. The third-order valence-corrected chi connectivity index (χ3v) is 1.76. The van der Waals surface area contributed by atoms with E-state index < -0.39 is 17.4 Å². The van der Waals surface area contributed by atoms with E-state index in [1.54, 1.807) is 20.8 Å². The third-order valence-electron chi connectivity index (χ3n) is 1.76. The summed E-state index contributed by atoms with van der Waals surface area (Å²) in [5.74, 6) is -1.33. The van der Waals surface area contributed by atoms with Crippen LogP contribution < -0.4 is 0 Å². The maximum absolute atomic E-state index is 13.2. The maximum Gasteiger partial charge on any atom is 0.338 e. The van der Waals surface area contributed by atoms with Crippen LogP contribution in [-0.4, -0.2) is 17.9 Å². The predicted molar refractivity (Wildman–Crippen MR) is 57.0 cm³/mol. The molecule has 0 N–H and O–H groups in total. The van der Waals surface area contributed by atoms with Gasteiger partial charge in [-0.15, -0.1) is 0 Å². The summed E-state index contributed by atoms with van der Waals surface area (Å²) in [5, 5.41) is 0. The predicted octanol–water partition coefficient (Wildman–Crippen LogP) is 2.59. The van der Waals surface area contributed by atoms with Gasteiger partial charge in [0, 0.05) is 0 Å². The molecule has 0 atom stereocenters. The summed E-state index contributed by atoms with van der Waals surface area (Å²) in [5.41, 5.74) is -0.609. The summed E-state index contributed by atoms with van der Waals surface area (Å²) in [6.07, 6.45) is 0.397. The number of hydrogen-bond donors (Lipinski definition) is 0. The lowest BCUT2D eigenvalue weighted by atomic mass is 10.1. The minimum absolute atomic E-state index is 0.0766. The Morgan fingerprint density at radius 1 is 1.38 bits per heavy atom. The maximum atomic E-state index is 13.2. The van der Waals surface area contributed by atoms with Crippen LogP contribution in [0.1, 0.15) is 41.5 Å². The highest BCUT2D eigenvalue weighted by atomic mass is 19.1. The number of hydrogen-bond acceptors (Lipinski definition) is 3. The number of ether oxygens (including phenoxy) is 1. The van der Waals surface area contributed by atoms with Gasteiger partial charge < -0.3 is 4.74 Å². The molecular formula is C12H13FO3. The SMILES string of the molecule is CC(C)(C)OC(=O)c1ccc(C=O)c(F)c1. The molecule has 86 valence electrons. The van der Waals surface area contributed by atoms with Gasteiger partial charge in [-0.05, 0) is 39.0 Å². The lowest BCUT2D eigenvalue weighted by Gasteiger charge is -2.19. The van der Waals surface area contributed by atoms with Crippen molar-refractivity contribution in [2.45, 2.75) is 26.4 Å². The largest absolute Gasteiger partial charge is 0.456 e. The molecule has 0 aliphatic rings. The topological polar surface area (TPSA) is 43.4 Å². The summed E-state index contributed by atoms with van der Waals surface area (Å²) in [7, 11) is 0. The van der Waals surface area contributed by atoms with Crippen LogP contribution in [0.15, 0.2) is 18.2 Å². The minimum Gasteiger partial charge on any atom is -0.456 e. The van der Waals surface area contributed by atoms with Gasteiger partial charge in [-0.25, -0.2) is 9.18 Å². The second kappa shape index (κ2) is 4.43. The van der Waals surface area contributed by atoms with Crippen LogP contribution in [0.2, 0.25) is 0 Å². The van der Waals surface area contributed by atoms with E-state index in [0.717, 1.165) is 6.07 Å². The first-order chi connectivity index (χ1) is 7.33. The van der Waals surface area contributed by atoms with Crippen molar-refractivity contribution in [3.8, 4) is 0 Å². The zero-order valence-electron chi connectivity index (χ0n) is 9.41. The van der Waals surface area contributed by atoms with Gasteiger partial charge >= 0.3 is 5.97 Å². The first-order valence-electron chi connectivity index (χ1n) is 4.81. The van der Waals surface area contributed by atoms with Crippen molar-refractivity contribution in [3.05, 3.63) is 35.1 Å². The molecule has 0 spiro atoms. The minimum atomic E-state index is -0.724. The van der Waals surface area contributed by atoms with Crippen LogP contribution >= 0.6 is 0 Å². The van der Waals surface area contributed by atoms with Crippen molar-refractivity contribution in [1.82, 2.24) is 0 Å². The Labute approximate surface area is 93.2 Å². The molecule has 0 fully saturated rings. The van der Waals surface area contributed by atoms with Crippen LogP contribution in [0.4, 0.5) is 4.39 Å². The fraction of sp³-hybridized carbons (Fsp3) is 0.333. The Balaban J connectivity index is 2.94. The van der Waals surface area contributed by atoms with Gasteiger partial charge in [-0.2, -0.15) is 0 Å². The molecule has 0 aromatic heterocycles. The normalized spacial score (nSPS) is 11.0. The van der Waals surface area contributed by atoms with E-state index in [2.05, 4.69) is 0 Å². The molecule has 0 heterocycles. The molecule has 0 radical (unpaired) electrons. The molecule has 1 rings (SSSR count). The van der Waals surface area contributed by atoms with Crippen LogP contribution in [-0.2, 0) is 4.74 Å². The van der Waals surface area contributed by atoms with Crippen LogP contribution in [0.3, 0.4) is 0 Å². The van der Waals surface area contributed by atoms with Gasteiger partial charge in [0.1, 0.15) is 11.4 Å². The third kappa shape index (κ3) is 3.15. The Morgan fingerprint density at radius 3 is 2.44 bits per heavy atom. The van der Waals surface area contributed by atoms with Crippen molar-refractivity contribution in [1.29, 1.82) is 0 Å². The average Bonchev–Trinajstić information content (AvgIpc) is 2.15. The smallest absolute Gasteiger partial charge is 0.338 e. The van der Waals surface area contributed by atoms with Crippen LogP contribution in [0.5, 0.6) is 0 Å². The Hall–Kier alpha value is -1.71. The highest BCUT2D eigenvalue weighted by Crippen LogP contribution is 2.14. The first kappa shape index (κ1) is 12.4. The number of halogens is 1. The lowest BCUT2D eigenvalue weighted by Crippen LogP contribution is -2.24. The van der Waals surface area contributed by atoms with Gasteiger partial charge in [0.05, 0.1) is 11.1 Å². The summed E-state index contributed by atoms with van der Waals surface area (Å²) in [6, 6.07) is 3.61. The van der Waals surface area contributed by atoms with Crippen molar-refractivity contribution >= 4 is 12.3 Å². The highest BCUT2D eigenvalue weighted by Gasteiger charge is 2.18. The molecule has 0 saturated heterocycles. The first-order valence-corrected chi connectivity index (χ1v) is 4.81. The molecule has 0 aliphatic carbocycles. The van der Waals surface area contributed by atoms with Crippen molar-refractivity contribution in [2.75, 3.05) is 0 Å². The molecule has 4 heteroatoms. The van der Waals surface area contributed by atoms with Crippen molar-refractivity contribution in [3.63, 3.8) is 0 Å². The van der Waals surface area contributed by atoms with E-state index in [1.807, 2.05) is 0 Å². The van der Waals surface area contributed by atoms with E-state index in [9.17, 15) is 14.0 Å². The second-order valence-corrected chi connectivity index (χ2v) is 4.36. The Morgan fingerprint density at radius 2 is 2.00 bits per heavy atom. The van der Waals surface area contributed by atoms with Crippen LogP contribution in [0, 0.1) is 5.82 Å². The molecular weight excluding hydrogens is 211 g/mol. The molecule has 3 nitrogen and oxygen atoms in total. The average molecular weight is 224 g/mol. The zero-order valence-corrected chi connectivity index (χ0v) is 9.41.